The van der Waals surface area contributed by atoms with Gasteiger partial charge in [0.05, 0.1) is 17.2 Å². The van der Waals surface area contributed by atoms with Crippen LogP contribution in [0.15, 0.2) is 54.6 Å². The van der Waals surface area contributed by atoms with E-state index in [-0.39, 0.29) is 12.1 Å². The minimum Gasteiger partial charge on any atom is -0.438 e. The van der Waals surface area contributed by atoms with E-state index in [4.69, 9.17) is 4.74 Å². The number of hydrogen-bond acceptors (Lipinski definition) is 4. The molecule has 37 heavy (non-hydrogen) atoms. The van der Waals surface area contributed by atoms with Gasteiger partial charge in [-0.25, -0.2) is 9.59 Å². The summed E-state index contributed by atoms with van der Waals surface area (Å²) in [4.78, 5) is 28.4. The van der Waals surface area contributed by atoms with Gasteiger partial charge in [-0.2, -0.15) is 0 Å². The van der Waals surface area contributed by atoms with Crippen molar-refractivity contribution in [1.29, 1.82) is 0 Å². The molecule has 1 fully saturated rings. The van der Waals surface area contributed by atoms with Gasteiger partial charge in [0.25, 0.3) is 0 Å². The molecule has 1 aliphatic rings. The lowest BCUT2D eigenvalue weighted by Crippen LogP contribution is -2.51. The summed E-state index contributed by atoms with van der Waals surface area (Å²) in [7, 11) is 3.37. The van der Waals surface area contributed by atoms with Crippen LogP contribution >= 0.6 is 0 Å². The summed E-state index contributed by atoms with van der Waals surface area (Å²) in [6, 6.07) is 17.0. The molecule has 7 nitrogen and oxygen atoms in total. The Kier molecular flexibility index (Phi) is 8.24. The monoisotopic (exact) mass is 505 g/mol. The lowest BCUT2D eigenvalue weighted by Gasteiger charge is -2.45. The van der Waals surface area contributed by atoms with Gasteiger partial charge in [0, 0.05) is 39.0 Å². The second kappa shape index (κ2) is 10.9. The van der Waals surface area contributed by atoms with Gasteiger partial charge < -0.3 is 25.0 Å². The fourth-order valence-corrected chi connectivity index (χ4v) is 4.56. The first-order valence-corrected chi connectivity index (χ1v) is 12.6. The summed E-state index contributed by atoms with van der Waals surface area (Å²) in [5.41, 5.74) is 0.130. The molecule has 2 aromatic carbocycles. The number of nitrogens with one attached hydrogen (secondary N) is 1. The Bertz CT molecular complexity index is 1160. The SMILES string of the molecule is C[C@@H](c1ccc(C#CC(C)(C)NC(=O)N(C)C)cc1)N1CCC(CC(C)(C)O)(c2ccccc2)OC1=O. The van der Waals surface area contributed by atoms with Crippen LogP contribution in [0.5, 0.6) is 0 Å². The van der Waals surface area contributed by atoms with Crippen molar-refractivity contribution in [1.82, 2.24) is 15.1 Å². The zero-order valence-electron chi connectivity index (χ0n) is 23.0. The standard InChI is InChI=1S/C30H39N3O4/c1-22(24-15-13-23(14-16-24)17-18-28(2,3)31-26(34)32(6)7)33-20-19-30(37-27(33)35,21-29(4,5)36)25-11-9-8-10-12-25/h8-16,22,36H,19-21H2,1-7H3,(H,31,34)/t22-,30?/m0/s1. The summed E-state index contributed by atoms with van der Waals surface area (Å²) in [6.45, 7) is 9.67. The number of cyclic esters (lactones) is 1. The molecule has 198 valence electrons. The molecular formula is C30H39N3O4. The summed E-state index contributed by atoms with van der Waals surface area (Å²) in [5, 5.41) is 13.5. The van der Waals surface area contributed by atoms with Gasteiger partial charge in [0.2, 0.25) is 0 Å². The average molecular weight is 506 g/mol. The van der Waals surface area contributed by atoms with Gasteiger partial charge >= 0.3 is 12.1 Å². The summed E-state index contributed by atoms with van der Waals surface area (Å²) in [6.07, 6.45) is 0.500. The van der Waals surface area contributed by atoms with Crippen LogP contribution in [0.4, 0.5) is 9.59 Å². The van der Waals surface area contributed by atoms with Crippen LogP contribution < -0.4 is 5.32 Å². The normalized spacial score (nSPS) is 18.8. The fraction of sp³-hybridized carbons (Fsp3) is 0.467. The van der Waals surface area contributed by atoms with Crippen molar-refractivity contribution in [2.45, 2.75) is 70.2 Å². The van der Waals surface area contributed by atoms with Crippen molar-refractivity contribution in [3.63, 3.8) is 0 Å². The molecule has 2 atom stereocenters. The molecule has 2 N–H and O–H groups in total. The van der Waals surface area contributed by atoms with Crippen molar-refractivity contribution in [2.75, 3.05) is 20.6 Å². The summed E-state index contributed by atoms with van der Waals surface area (Å²) in [5.74, 6) is 6.23. The highest BCUT2D eigenvalue weighted by molar-refractivity contribution is 5.75. The maximum atomic E-state index is 13.3. The predicted molar refractivity (Wildman–Crippen MR) is 145 cm³/mol. The zero-order chi connectivity index (χ0) is 27.4. The smallest absolute Gasteiger partial charge is 0.411 e. The van der Waals surface area contributed by atoms with Crippen LogP contribution in [-0.2, 0) is 10.3 Å². The highest BCUT2D eigenvalue weighted by Gasteiger charge is 2.46. The van der Waals surface area contributed by atoms with Crippen LogP contribution in [0.1, 0.15) is 70.2 Å². The molecule has 0 bridgehead atoms. The van der Waals surface area contributed by atoms with Crippen LogP contribution in [0, 0.1) is 11.8 Å². The molecule has 3 rings (SSSR count). The predicted octanol–water partition coefficient (Wildman–Crippen LogP) is 5.05. The van der Waals surface area contributed by atoms with Gasteiger partial charge in [0.15, 0.2) is 0 Å². The molecule has 7 heteroatoms. The molecule has 1 saturated heterocycles. The van der Waals surface area contributed by atoms with E-state index in [0.29, 0.717) is 19.4 Å². The Labute approximate surface area is 220 Å². The Balaban J connectivity index is 1.73. The third kappa shape index (κ3) is 7.27. The Morgan fingerprint density at radius 3 is 2.30 bits per heavy atom. The first kappa shape index (κ1) is 28.1. The van der Waals surface area contributed by atoms with Crippen molar-refractivity contribution in [3.05, 3.63) is 71.3 Å². The van der Waals surface area contributed by atoms with Crippen molar-refractivity contribution in [3.8, 4) is 11.8 Å². The maximum absolute atomic E-state index is 13.3. The molecule has 1 heterocycles. The number of carbonyl (C=O) groups is 2. The summed E-state index contributed by atoms with van der Waals surface area (Å²) < 4.78 is 6.11. The van der Waals surface area contributed by atoms with E-state index in [0.717, 1.165) is 16.7 Å². The first-order chi connectivity index (χ1) is 17.2. The van der Waals surface area contributed by atoms with Gasteiger partial charge in [-0.3, -0.25) is 0 Å². The molecule has 1 unspecified atom stereocenters. The zero-order valence-corrected chi connectivity index (χ0v) is 23.0. The van der Waals surface area contributed by atoms with Gasteiger partial charge in [-0.15, -0.1) is 0 Å². The number of ether oxygens (including phenoxy) is 1. The van der Waals surface area contributed by atoms with Gasteiger partial charge in [-0.1, -0.05) is 54.3 Å². The molecule has 2 aromatic rings. The van der Waals surface area contributed by atoms with Gasteiger partial charge in [0.1, 0.15) is 5.60 Å². The minimum atomic E-state index is -0.995. The second-order valence-corrected chi connectivity index (χ2v) is 11.2. The van der Waals surface area contributed by atoms with E-state index in [1.54, 1.807) is 32.8 Å². The summed E-state index contributed by atoms with van der Waals surface area (Å²) >= 11 is 0. The molecule has 0 radical (unpaired) electrons. The van der Waals surface area contributed by atoms with Crippen molar-refractivity contribution >= 4 is 12.1 Å². The molecule has 0 spiro atoms. The first-order valence-electron chi connectivity index (χ1n) is 12.6. The second-order valence-electron chi connectivity index (χ2n) is 11.2. The largest absolute Gasteiger partial charge is 0.438 e. The number of hydrogen-bond donors (Lipinski definition) is 2. The Morgan fingerprint density at radius 2 is 1.76 bits per heavy atom. The Hall–Kier alpha value is -3.50. The van der Waals surface area contributed by atoms with Crippen LogP contribution in [0.25, 0.3) is 0 Å². The van der Waals surface area contributed by atoms with Crippen molar-refractivity contribution in [2.24, 2.45) is 0 Å². The van der Waals surface area contributed by atoms with E-state index in [9.17, 15) is 14.7 Å². The van der Waals surface area contributed by atoms with E-state index >= 15 is 0 Å². The highest BCUT2D eigenvalue weighted by atomic mass is 16.6. The molecule has 0 aromatic heterocycles. The minimum absolute atomic E-state index is 0.193. The number of urea groups is 1. The average Bonchev–Trinajstić information content (AvgIpc) is 2.82. The molecule has 1 aliphatic heterocycles. The highest BCUT2D eigenvalue weighted by Crippen LogP contribution is 2.42. The Morgan fingerprint density at radius 1 is 1.14 bits per heavy atom. The molecule has 3 amide bonds. The van der Waals surface area contributed by atoms with Crippen molar-refractivity contribution < 1.29 is 19.4 Å². The number of rotatable bonds is 6. The van der Waals surface area contributed by atoms with E-state index < -0.39 is 22.8 Å². The molecule has 0 aliphatic carbocycles. The lowest BCUT2D eigenvalue weighted by molar-refractivity contribution is -0.101. The third-order valence-corrected chi connectivity index (χ3v) is 6.50. The topological polar surface area (TPSA) is 82.1 Å². The quantitative estimate of drug-likeness (QED) is 0.539. The number of amides is 3. The van der Waals surface area contributed by atoms with Crippen LogP contribution in [0.2, 0.25) is 0 Å². The number of aliphatic hydroxyl groups is 1. The number of benzene rings is 2. The molecule has 0 saturated carbocycles. The molecular weight excluding hydrogens is 466 g/mol. The van der Waals surface area contributed by atoms with E-state index in [2.05, 4.69) is 17.2 Å². The van der Waals surface area contributed by atoms with E-state index in [1.807, 2.05) is 75.4 Å². The maximum Gasteiger partial charge on any atom is 0.411 e. The van der Waals surface area contributed by atoms with Crippen LogP contribution in [-0.4, -0.2) is 58.8 Å². The lowest BCUT2D eigenvalue weighted by atomic mass is 9.80. The van der Waals surface area contributed by atoms with E-state index in [1.165, 1.54) is 4.90 Å². The third-order valence-electron chi connectivity index (χ3n) is 6.50. The van der Waals surface area contributed by atoms with Crippen LogP contribution in [0.3, 0.4) is 0 Å². The fourth-order valence-electron chi connectivity index (χ4n) is 4.56. The number of carbonyl (C=O) groups excluding carboxylic acids is 2. The number of nitrogens with zero attached hydrogens (tertiary/aromatic N) is 2. The van der Waals surface area contributed by atoms with Gasteiger partial charge in [-0.05, 0) is 57.9 Å².